The first kappa shape index (κ1) is 29.8. The van der Waals surface area contributed by atoms with Gasteiger partial charge in [0.15, 0.2) is 5.78 Å². The number of hydrogen-bond donors (Lipinski definition) is 1. The number of carbonyl (C=O) groups excluding carboxylic acids is 1. The summed E-state index contributed by atoms with van der Waals surface area (Å²) in [5.74, 6) is 2.26. The van der Waals surface area contributed by atoms with Gasteiger partial charge in [0.05, 0.1) is 18.2 Å². The maximum Gasteiger partial charge on any atom is 0.239 e. The van der Waals surface area contributed by atoms with Crippen molar-refractivity contribution in [3.8, 4) is 11.5 Å². The number of ether oxygens (including phenoxy) is 2. The molecule has 36 heavy (non-hydrogen) atoms. The van der Waals surface area contributed by atoms with Gasteiger partial charge in [0.25, 0.3) is 0 Å². The van der Waals surface area contributed by atoms with Crippen LogP contribution in [0.3, 0.4) is 0 Å². The van der Waals surface area contributed by atoms with E-state index in [0.29, 0.717) is 29.8 Å². The molecule has 0 aliphatic carbocycles. The molecule has 0 saturated heterocycles. The number of halogens is 2. The monoisotopic (exact) mass is 595 g/mol. The molecule has 0 unspecified atom stereocenters. The highest BCUT2D eigenvalue weighted by atomic mass is 79.9. The van der Waals surface area contributed by atoms with Crippen LogP contribution >= 0.6 is 27.5 Å². The maximum absolute atomic E-state index is 12.5. The second-order valence-corrected chi connectivity index (χ2v) is 11.8. The number of primary sulfonamides is 1. The van der Waals surface area contributed by atoms with Gasteiger partial charge in [-0.25, -0.2) is 13.6 Å². The van der Waals surface area contributed by atoms with Gasteiger partial charge in [-0.15, -0.1) is 0 Å². The maximum atomic E-state index is 12.5. The van der Waals surface area contributed by atoms with Crippen LogP contribution in [-0.4, -0.2) is 27.4 Å². The standard InChI is InChI=1S/C17H18ClNO4S.C10H13BrO/c1-11(2)10-23-14-6-3-12(4-7-14)17(20)13-5-8-15(18)16(9-13)24(19,21)22;1-8(2)7-12-10-5-3-9(11)4-6-10/h3-9,11H,10H2,1-2H3,(H2,19,21,22);3-6,8H,7H2,1-2H3. The molecule has 3 aromatic rings. The van der Waals surface area contributed by atoms with Crippen LogP contribution in [0, 0.1) is 11.8 Å². The van der Waals surface area contributed by atoms with Crippen LogP contribution in [0.2, 0.25) is 5.02 Å². The SMILES string of the molecule is CC(C)COc1ccc(Br)cc1.CC(C)COc1ccc(C(=O)c2ccc(Cl)c(S(N)(=O)=O)c2)cc1. The first-order valence-corrected chi connectivity index (χ1v) is 14.1. The molecule has 0 aliphatic heterocycles. The molecule has 0 amide bonds. The Labute approximate surface area is 226 Å². The summed E-state index contributed by atoms with van der Waals surface area (Å²) >= 11 is 9.20. The molecule has 3 rings (SSSR count). The van der Waals surface area contributed by atoms with Gasteiger partial charge < -0.3 is 9.47 Å². The van der Waals surface area contributed by atoms with E-state index in [1.807, 2.05) is 38.1 Å². The van der Waals surface area contributed by atoms with E-state index in [4.69, 9.17) is 26.2 Å². The molecule has 9 heteroatoms. The lowest BCUT2D eigenvalue weighted by molar-refractivity contribution is 0.103. The summed E-state index contributed by atoms with van der Waals surface area (Å²) in [6, 6.07) is 18.5. The molecule has 0 radical (unpaired) electrons. The summed E-state index contributed by atoms with van der Waals surface area (Å²) in [7, 11) is -4.00. The van der Waals surface area contributed by atoms with Crippen molar-refractivity contribution in [2.75, 3.05) is 13.2 Å². The molecule has 0 fully saturated rings. The second kappa shape index (κ2) is 13.8. The summed E-state index contributed by atoms with van der Waals surface area (Å²) in [6.07, 6.45) is 0. The number of rotatable bonds is 9. The van der Waals surface area contributed by atoms with Crippen molar-refractivity contribution in [3.05, 3.63) is 87.4 Å². The fourth-order valence-corrected chi connectivity index (χ4v) is 4.12. The van der Waals surface area contributed by atoms with E-state index in [9.17, 15) is 13.2 Å². The highest BCUT2D eigenvalue weighted by molar-refractivity contribution is 9.10. The minimum absolute atomic E-state index is 0.0218. The average molecular weight is 597 g/mol. The fraction of sp³-hybridized carbons (Fsp3) is 0.296. The summed E-state index contributed by atoms with van der Waals surface area (Å²) < 4.78 is 35.2. The fourth-order valence-electron chi connectivity index (χ4n) is 2.79. The smallest absolute Gasteiger partial charge is 0.239 e. The van der Waals surface area contributed by atoms with E-state index >= 15 is 0 Å². The minimum Gasteiger partial charge on any atom is -0.493 e. The predicted octanol–water partition coefficient (Wildman–Crippen LogP) is 6.74. The van der Waals surface area contributed by atoms with Gasteiger partial charge >= 0.3 is 0 Å². The topological polar surface area (TPSA) is 95.7 Å². The molecule has 0 atom stereocenters. The lowest BCUT2D eigenvalue weighted by Gasteiger charge is -2.09. The van der Waals surface area contributed by atoms with E-state index in [0.717, 1.165) is 16.8 Å². The van der Waals surface area contributed by atoms with Crippen molar-refractivity contribution in [2.24, 2.45) is 17.0 Å². The van der Waals surface area contributed by atoms with Crippen molar-refractivity contribution in [2.45, 2.75) is 32.6 Å². The quantitative estimate of drug-likeness (QED) is 0.276. The molecule has 0 aromatic heterocycles. The molecular formula is C27H31BrClNO5S. The number of hydrogen-bond acceptors (Lipinski definition) is 5. The number of sulfonamides is 1. The Hall–Kier alpha value is -2.39. The van der Waals surface area contributed by atoms with E-state index < -0.39 is 10.0 Å². The number of ketones is 1. The first-order chi connectivity index (χ1) is 16.9. The summed E-state index contributed by atoms with van der Waals surface area (Å²) in [5.41, 5.74) is 0.605. The number of nitrogens with two attached hydrogens (primary N) is 1. The molecule has 194 valence electrons. The Morgan fingerprint density at radius 1 is 0.833 bits per heavy atom. The van der Waals surface area contributed by atoms with Gasteiger partial charge in [-0.2, -0.15) is 0 Å². The van der Waals surface area contributed by atoms with E-state index in [2.05, 4.69) is 29.8 Å². The van der Waals surface area contributed by atoms with Crippen LogP contribution in [0.5, 0.6) is 11.5 Å². The van der Waals surface area contributed by atoms with Gasteiger partial charge in [0.1, 0.15) is 16.4 Å². The lowest BCUT2D eigenvalue weighted by atomic mass is 10.0. The van der Waals surface area contributed by atoms with Gasteiger partial charge in [0, 0.05) is 15.6 Å². The normalized spacial score (nSPS) is 11.1. The molecule has 0 spiro atoms. The molecule has 6 nitrogen and oxygen atoms in total. The molecular weight excluding hydrogens is 566 g/mol. The zero-order valence-electron chi connectivity index (χ0n) is 20.7. The zero-order valence-corrected chi connectivity index (χ0v) is 23.9. The summed E-state index contributed by atoms with van der Waals surface area (Å²) in [4.78, 5) is 12.2. The van der Waals surface area contributed by atoms with Crippen LogP contribution in [0.1, 0.15) is 43.6 Å². The molecule has 0 saturated carbocycles. The highest BCUT2D eigenvalue weighted by Gasteiger charge is 2.17. The van der Waals surface area contributed by atoms with Crippen molar-refractivity contribution in [1.82, 2.24) is 0 Å². The second-order valence-electron chi connectivity index (χ2n) is 8.91. The van der Waals surface area contributed by atoms with Gasteiger partial charge in [-0.3, -0.25) is 4.79 Å². The third kappa shape index (κ3) is 9.93. The van der Waals surface area contributed by atoms with Crippen molar-refractivity contribution < 1.29 is 22.7 Å². The Balaban J connectivity index is 0.000000319. The van der Waals surface area contributed by atoms with Crippen molar-refractivity contribution >= 4 is 43.3 Å². The van der Waals surface area contributed by atoms with Gasteiger partial charge in [-0.05, 0) is 78.6 Å². The third-order valence-electron chi connectivity index (χ3n) is 4.60. The van der Waals surface area contributed by atoms with Crippen LogP contribution in [0.25, 0.3) is 0 Å². The third-order valence-corrected chi connectivity index (χ3v) is 6.52. The van der Waals surface area contributed by atoms with E-state index in [1.165, 1.54) is 18.2 Å². The summed E-state index contributed by atoms with van der Waals surface area (Å²) in [5, 5.41) is 5.08. The van der Waals surface area contributed by atoms with Crippen LogP contribution < -0.4 is 14.6 Å². The van der Waals surface area contributed by atoms with E-state index in [-0.39, 0.29) is 21.3 Å². The zero-order chi connectivity index (χ0) is 26.9. The van der Waals surface area contributed by atoms with Crippen LogP contribution in [0.15, 0.2) is 76.1 Å². The number of benzene rings is 3. The molecule has 3 aromatic carbocycles. The largest absolute Gasteiger partial charge is 0.493 e. The van der Waals surface area contributed by atoms with E-state index in [1.54, 1.807) is 24.3 Å². The average Bonchev–Trinajstić information content (AvgIpc) is 2.82. The molecule has 0 bridgehead atoms. The summed E-state index contributed by atoms with van der Waals surface area (Å²) in [6.45, 7) is 9.73. The predicted molar refractivity (Wildman–Crippen MR) is 148 cm³/mol. The Morgan fingerprint density at radius 2 is 1.28 bits per heavy atom. The lowest BCUT2D eigenvalue weighted by Crippen LogP contribution is -2.14. The highest BCUT2D eigenvalue weighted by Crippen LogP contribution is 2.24. The van der Waals surface area contributed by atoms with Crippen LogP contribution in [0.4, 0.5) is 0 Å². The van der Waals surface area contributed by atoms with Gasteiger partial charge in [-0.1, -0.05) is 55.2 Å². The van der Waals surface area contributed by atoms with Crippen LogP contribution in [-0.2, 0) is 10.0 Å². The molecule has 0 aliphatic rings. The molecule has 2 N–H and O–H groups in total. The van der Waals surface area contributed by atoms with Gasteiger partial charge in [0.2, 0.25) is 10.0 Å². The first-order valence-electron chi connectivity index (χ1n) is 11.3. The van der Waals surface area contributed by atoms with Crippen molar-refractivity contribution in [1.29, 1.82) is 0 Å². The Bertz CT molecular complexity index is 1240. The molecule has 0 heterocycles. The minimum atomic E-state index is -4.00. The Kier molecular flexibility index (Phi) is 11.4. The number of carbonyl (C=O) groups is 1. The van der Waals surface area contributed by atoms with Crippen molar-refractivity contribution in [3.63, 3.8) is 0 Å². The Morgan fingerprint density at radius 3 is 1.72 bits per heavy atom.